The molecular formula is C32H34N4OS. The molecule has 6 rings (SSSR count). The number of aromatic nitrogens is 2. The first-order valence-corrected chi connectivity index (χ1v) is 13.9. The molecular weight excluding hydrogens is 488 g/mol. The van der Waals surface area contributed by atoms with Crippen molar-refractivity contribution in [3.63, 3.8) is 0 Å². The van der Waals surface area contributed by atoms with Crippen LogP contribution in [0.2, 0.25) is 0 Å². The smallest absolute Gasteiger partial charge is 0.174 e. The molecule has 2 aliphatic rings. The lowest BCUT2D eigenvalue weighted by Crippen LogP contribution is -2.29. The van der Waals surface area contributed by atoms with Crippen molar-refractivity contribution in [2.24, 2.45) is 0 Å². The van der Waals surface area contributed by atoms with Gasteiger partial charge in [0.25, 0.3) is 0 Å². The third-order valence-electron chi connectivity index (χ3n) is 8.00. The number of hydrogen-bond donors (Lipinski definition) is 1. The first-order chi connectivity index (χ1) is 18.5. The van der Waals surface area contributed by atoms with E-state index in [-0.39, 0.29) is 12.1 Å². The number of thiocarbonyl (C=S) groups is 1. The predicted molar refractivity (Wildman–Crippen MR) is 157 cm³/mol. The van der Waals surface area contributed by atoms with Gasteiger partial charge in [-0.25, -0.2) is 0 Å². The van der Waals surface area contributed by atoms with Gasteiger partial charge in [-0.15, -0.1) is 0 Å². The molecule has 0 amide bonds. The fourth-order valence-electron chi connectivity index (χ4n) is 6.19. The van der Waals surface area contributed by atoms with Crippen LogP contribution >= 0.6 is 12.2 Å². The van der Waals surface area contributed by atoms with Crippen LogP contribution in [0, 0.1) is 20.8 Å². The van der Waals surface area contributed by atoms with Crippen LogP contribution in [0.4, 0.5) is 5.69 Å². The number of nitrogens with zero attached hydrogens (tertiary/aromatic N) is 3. The van der Waals surface area contributed by atoms with E-state index in [1.807, 2.05) is 42.6 Å². The Morgan fingerprint density at radius 1 is 0.895 bits per heavy atom. The molecule has 38 heavy (non-hydrogen) atoms. The molecule has 1 saturated heterocycles. The van der Waals surface area contributed by atoms with Crippen molar-refractivity contribution >= 4 is 23.0 Å². The van der Waals surface area contributed by atoms with Gasteiger partial charge >= 0.3 is 0 Å². The van der Waals surface area contributed by atoms with Gasteiger partial charge in [0, 0.05) is 29.3 Å². The van der Waals surface area contributed by atoms with E-state index in [0.717, 1.165) is 22.9 Å². The average molecular weight is 523 g/mol. The van der Waals surface area contributed by atoms with E-state index in [1.54, 1.807) is 0 Å². The Balaban J connectivity index is 1.37. The van der Waals surface area contributed by atoms with Crippen LogP contribution in [0.15, 0.2) is 79.0 Å². The summed E-state index contributed by atoms with van der Waals surface area (Å²) >= 11 is 5.97. The first kappa shape index (κ1) is 24.7. The van der Waals surface area contributed by atoms with E-state index in [2.05, 4.69) is 72.0 Å². The second-order valence-electron chi connectivity index (χ2n) is 10.5. The maximum absolute atomic E-state index is 6.09. The number of anilines is 1. The number of hydrogen-bond acceptors (Lipinski definition) is 3. The molecule has 6 heteroatoms. The van der Waals surface area contributed by atoms with Gasteiger partial charge in [0.1, 0.15) is 11.5 Å². The Labute approximate surface area is 230 Å². The lowest BCUT2D eigenvalue weighted by Gasteiger charge is -2.28. The molecule has 194 valence electrons. The molecule has 2 fully saturated rings. The lowest BCUT2D eigenvalue weighted by molar-refractivity contribution is 0.482. The van der Waals surface area contributed by atoms with Gasteiger partial charge in [-0.1, -0.05) is 36.6 Å². The molecule has 0 radical (unpaired) electrons. The second-order valence-corrected chi connectivity index (χ2v) is 10.9. The quantitative estimate of drug-likeness (QED) is 0.261. The largest absolute Gasteiger partial charge is 0.457 e. The summed E-state index contributed by atoms with van der Waals surface area (Å²) in [5.41, 5.74) is 7.20. The monoisotopic (exact) mass is 522 g/mol. The summed E-state index contributed by atoms with van der Waals surface area (Å²) in [6.45, 7) is 6.59. The topological polar surface area (TPSA) is 42.3 Å². The van der Waals surface area contributed by atoms with E-state index in [0.29, 0.717) is 11.2 Å². The normalized spacial score (nSPS) is 19.7. The minimum atomic E-state index is -0.0512. The van der Waals surface area contributed by atoms with Crippen LogP contribution in [-0.4, -0.2) is 14.7 Å². The Morgan fingerprint density at radius 2 is 1.58 bits per heavy atom. The van der Waals surface area contributed by atoms with E-state index < -0.39 is 0 Å². The Hall–Kier alpha value is -3.64. The van der Waals surface area contributed by atoms with Gasteiger partial charge in [0.05, 0.1) is 17.8 Å². The van der Waals surface area contributed by atoms with Gasteiger partial charge in [-0.3, -0.25) is 4.98 Å². The first-order valence-electron chi connectivity index (χ1n) is 13.5. The van der Waals surface area contributed by atoms with Crippen molar-refractivity contribution in [1.29, 1.82) is 0 Å². The molecule has 1 saturated carbocycles. The number of pyridine rings is 1. The van der Waals surface area contributed by atoms with E-state index in [9.17, 15) is 0 Å². The summed E-state index contributed by atoms with van der Waals surface area (Å²) in [5.74, 6) is 1.63. The van der Waals surface area contributed by atoms with Crippen molar-refractivity contribution in [3.8, 4) is 11.5 Å². The summed E-state index contributed by atoms with van der Waals surface area (Å²) in [6.07, 6.45) is 7.00. The highest BCUT2D eigenvalue weighted by Crippen LogP contribution is 2.45. The van der Waals surface area contributed by atoms with Gasteiger partial charge in [-0.05, 0) is 106 Å². The fourth-order valence-corrected chi connectivity index (χ4v) is 6.54. The van der Waals surface area contributed by atoms with Crippen LogP contribution in [-0.2, 0) is 0 Å². The second kappa shape index (κ2) is 10.3. The van der Waals surface area contributed by atoms with Crippen molar-refractivity contribution < 1.29 is 4.74 Å². The summed E-state index contributed by atoms with van der Waals surface area (Å²) in [4.78, 5) is 6.98. The third kappa shape index (κ3) is 4.58. The molecule has 1 N–H and O–H groups in total. The predicted octanol–water partition coefficient (Wildman–Crippen LogP) is 7.89. The number of rotatable bonds is 6. The fraction of sp³-hybridized carbons (Fsp3) is 0.312. The maximum atomic E-state index is 6.09. The molecule has 5 nitrogen and oxygen atoms in total. The summed E-state index contributed by atoms with van der Waals surface area (Å²) in [6, 6.07) is 25.3. The SMILES string of the molecule is Cc1ccc(Oc2ccc(N3C(=S)NC(c4ccccn4)C3c3cc(C)n(C4CCCC4)c3C)cc2)cc1. The number of benzene rings is 2. The minimum Gasteiger partial charge on any atom is -0.457 e. The van der Waals surface area contributed by atoms with E-state index in [4.69, 9.17) is 21.9 Å². The molecule has 0 bridgehead atoms. The third-order valence-corrected chi connectivity index (χ3v) is 8.32. The number of nitrogens with one attached hydrogen (secondary N) is 1. The maximum Gasteiger partial charge on any atom is 0.174 e. The highest BCUT2D eigenvalue weighted by molar-refractivity contribution is 7.80. The van der Waals surface area contributed by atoms with Crippen molar-refractivity contribution in [1.82, 2.24) is 14.9 Å². The van der Waals surface area contributed by atoms with Crippen LogP contribution in [0.5, 0.6) is 11.5 Å². The van der Waals surface area contributed by atoms with E-state index in [1.165, 1.54) is 48.2 Å². The van der Waals surface area contributed by atoms with Crippen LogP contribution in [0.25, 0.3) is 0 Å². The van der Waals surface area contributed by atoms with Gasteiger partial charge in [0.2, 0.25) is 0 Å². The summed E-state index contributed by atoms with van der Waals surface area (Å²) in [7, 11) is 0. The highest BCUT2D eigenvalue weighted by Gasteiger charge is 2.42. The Morgan fingerprint density at radius 3 is 2.24 bits per heavy atom. The lowest BCUT2D eigenvalue weighted by atomic mass is 9.96. The Bertz CT molecular complexity index is 1420. The molecule has 1 aliphatic carbocycles. The van der Waals surface area contributed by atoms with Gasteiger partial charge < -0.3 is 19.5 Å². The van der Waals surface area contributed by atoms with Gasteiger partial charge in [-0.2, -0.15) is 0 Å². The zero-order chi connectivity index (χ0) is 26.2. The van der Waals surface area contributed by atoms with Crippen LogP contribution in [0.1, 0.15) is 72.0 Å². The molecule has 3 heterocycles. The molecule has 1 aliphatic heterocycles. The van der Waals surface area contributed by atoms with Gasteiger partial charge in [0.15, 0.2) is 5.11 Å². The molecule has 2 aromatic heterocycles. The highest BCUT2D eigenvalue weighted by atomic mass is 32.1. The molecule has 2 unspecified atom stereocenters. The number of aryl methyl sites for hydroxylation is 2. The van der Waals surface area contributed by atoms with Crippen molar-refractivity contribution in [3.05, 3.63) is 107 Å². The molecule has 0 spiro atoms. The van der Waals surface area contributed by atoms with Crippen LogP contribution in [0.3, 0.4) is 0 Å². The molecule has 4 aromatic rings. The zero-order valence-electron chi connectivity index (χ0n) is 22.2. The average Bonchev–Trinajstić information content (AvgIpc) is 3.64. The Kier molecular flexibility index (Phi) is 6.66. The standard InChI is InChI=1S/C32H34N4OS/c1-21-11-15-26(16-12-21)37-27-17-13-25(14-18-27)36-31(30(34-32(36)38)29-10-6-7-19-33-29)28-20-22(2)35(23(28)3)24-8-4-5-9-24/h6-7,10-20,24,30-31H,4-5,8-9H2,1-3H3,(H,34,38). The summed E-state index contributed by atoms with van der Waals surface area (Å²) in [5, 5.41) is 4.32. The molecule has 2 atom stereocenters. The van der Waals surface area contributed by atoms with E-state index >= 15 is 0 Å². The van der Waals surface area contributed by atoms with Crippen molar-refractivity contribution in [2.45, 2.75) is 64.6 Å². The zero-order valence-corrected chi connectivity index (χ0v) is 23.0. The minimum absolute atomic E-state index is 0.0115. The van der Waals surface area contributed by atoms with Crippen molar-refractivity contribution in [2.75, 3.05) is 4.90 Å². The molecule has 2 aromatic carbocycles. The van der Waals surface area contributed by atoms with Crippen LogP contribution < -0.4 is 15.0 Å². The number of ether oxygens (including phenoxy) is 1. The summed E-state index contributed by atoms with van der Waals surface area (Å²) < 4.78 is 8.66.